The molecule has 0 amide bonds. The summed E-state index contributed by atoms with van der Waals surface area (Å²) in [7, 11) is 0. The van der Waals surface area contributed by atoms with Crippen molar-refractivity contribution < 1.29 is 9.84 Å². The maximum atomic E-state index is 9.21. The molecule has 1 unspecified atom stereocenters. The fourth-order valence-corrected chi connectivity index (χ4v) is 3.31. The summed E-state index contributed by atoms with van der Waals surface area (Å²) in [5.74, 6) is 1.46. The van der Waals surface area contributed by atoms with Gasteiger partial charge in [0.25, 0.3) is 0 Å². The zero-order valence-electron chi connectivity index (χ0n) is 11.6. The van der Waals surface area contributed by atoms with Crippen molar-refractivity contribution in [2.24, 2.45) is 11.8 Å². The number of ether oxygens (including phenoxy) is 1. The molecule has 3 heteroatoms. The third-order valence-electron chi connectivity index (χ3n) is 4.54. The molecule has 106 valence electrons. The van der Waals surface area contributed by atoms with E-state index in [1.54, 1.807) is 0 Å². The van der Waals surface area contributed by atoms with Crippen molar-refractivity contribution in [1.82, 2.24) is 4.90 Å². The SMILES string of the molecule is OCC1CCCN(CCCCC2CCOCC2)C1. The number of rotatable bonds is 6. The van der Waals surface area contributed by atoms with Crippen LogP contribution in [0.1, 0.15) is 44.9 Å². The van der Waals surface area contributed by atoms with Crippen LogP contribution in [0.25, 0.3) is 0 Å². The van der Waals surface area contributed by atoms with Gasteiger partial charge < -0.3 is 14.7 Å². The molecule has 0 aromatic rings. The summed E-state index contributed by atoms with van der Waals surface area (Å²) >= 11 is 0. The Balaban J connectivity index is 1.52. The predicted octanol–water partition coefficient (Wildman–Crippen LogP) is 2.29. The lowest BCUT2D eigenvalue weighted by molar-refractivity contribution is 0.0625. The van der Waals surface area contributed by atoms with Crippen LogP contribution in [0, 0.1) is 11.8 Å². The maximum absolute atomic E-state index is 9.21. The molecule has 0 aromatic carbocycles. The molecule has 0 radical (unpaired) electrons. The second-order valence-electron chi connectivity index (χ2n) is 6.04. The molecule has 2 heterocycles. The number of aliphatic hydroxyl groups is 1. The molecule has 2 rings (SSSR count). The van der Waals surface area contributed by atoms with Crippen LogP contribution >= 0.6 is 0 Å². The zero-order chi connectivity index (χ0) is 12.6. The van der Waals surface area contributed by atoms with E-state index in [0.717, 1.165) is 25.7 Å². The first-order chi connectivity index (χ1) is 8.88. The van der Waals surface area contributed by atoms with Crippen LogP contribution in [-0.2, 0) is 4.74 Å². The summed E-state index contributed by atoms with van der Waals surface area (Å²) in [5, 5.41) is 9.21. The van der Waals surface area contributed by atoms with Crippen molar-refractivity contribution in [3.63, 3.8) is 0 Å². The Kier molecular flexibility index (Phi) is 6.46. The predicted molar refractivity (Wildman–Crippen MR) is 73.6 cm³/mol. The standard InChI is InChI=1S/C15H29NO2/c17-13-15-5-3-9-16(12-15)8-2-1-4-14-6-10-18-11-7-14/h14-15,17H,1-13H2. The van der Waals surface area contributed by atoms with Crippen molar-refractivity contribution in [2.75, 3.05) is 39.5 Å². The number of unbranched alkanes of at least 4 members (excludes halogenated alkanes) is 1. The first-order valence-corrected chi connectivity index (χ1v) is 7.79. The average molecular weight is 255 g/mol. The smallest absolute Gasteiger partial charge is 0.0471 e. The average Bonchev–Trinajstić information content (AvgIpc) is 2.45. The van der Waals surface area contributed by atoms with Crippen LogP contribution in [0.5, 0.6) is 0 Å². The Labute approximate surface area is 112 Å². The molecule has 0 aromatic heterocycles. The van der Waals surface area contributed by atoms with Gasteiger partial charge in [0.2, 0.25) is 0 Å². The Morgan fingerprint density at radius 2 is 1.89 bits per heavy atom. The molecule has 0 bridgehead atoms. The van der Waals surface area contributed by atoms with Gasteiger partial charge in [0, 0.05) is 26.4 Å². The fraction of sp³-hybridized carbons (Fsp3) is 1.00. The molecule has 1 N–H and O–H groups in total. The lowest BCUT2D eigenvalue weighted by atomic mass is 9.94. The molecule has 3 nitrogen and oxygen atoms in total. The highest BCUT2D eigenvalue weighted by molar-refractivity contribution is 4.72. The number of likely N-dealkylation sites (tertiary alicyclic amines) is 1. The topological polar surface area (TPSA) is 32.7 Å². The van der Waals surface area contributed by atoms with E-state index in [1.165, 1.54) is 58.0 Å². The van der Waals surface area contributed by atoms with Crippen molar-refractivity contribution in [3.8, 4) is 0 Å². The van der Waals surface area contributed by atoms with Gasteiger partial charge in [-0.15, -0.1) is 0 Å². The van der Waals surface area contributed by atoms with Crippen molar-refractivity contribution in [3.05, 3.63) is 0 Å². The van der Waals surface area contributed by atoms with Crippen LogP contribution in [0.2, 0.25) is 0 Å². The van der Waals surface area contributed by atoms with E-state index < -0.39 is 0 Å². The second kappa shape index (κ2) is 8.13. The van der Waals surface area contributed by atoms with Gasteiger partial charge in [-0.1, -0.05) is 12.8 Å². The third-order valence-corrected chi connectivity index (χ3v) is 4.54. The second-order valence-corrected chi connectivity index (χ2v) is 6.04. The maximum Gasteiger partial charge on any atom is 0.0471 e. The quantitative estimate of drug-likeness (QED) is 0.739. The van der Waals surface area contributed by atoms with E-state index in [0.29, 0.717) is 12.5 Å². The van der Waals surface area contributed by atoms with E-state index in [2.05, 4.69) is 4.90 Å². The van der Waals surface area contributed by atoms with Gasteiger partial charge in [-0.25, -0.2) is 0 Å². The molecule has 1 atom stereocenters. The molecule has 2 saturated heterocycles. The summed E-state index contributed by atoms with van der Waals surface area (Å²) in [6.45, 7) is 5.93. The molecule has 2 fully saturated rings. The minimum Gasteiger partial charge on any atom is -0.396 e. The van der Waals surface area contributed by atoms with E-state index in [9.17, 15) is 5.11 Å². The molecule has 2 aliphatic heterocycles. The Hall–Kier alpha value is -0.120. The molecule has 0 spiro atoms. The summed E-state index contributed by atoms with van der Waals surface area (Å²) in [4.78, 5) is 2.55. The monoisotopic (exact) mass is 255 g/mol. The Bertz CT molecular complexity index is 217. The number of hydrogen-bond acceptors (Lipinski definition) is 3. The minimum absolute atomic E-state index is 0.374. The first-order valence-electron chi connectivity index (χ1n) is 7.79. The molecular formula is C15H29NO2. The van der Waals surface area contributed by atoms with Gasteiger partial charge in [0.15, 0.2) is 0 Å². The highest BCUT2D eigenvalue weighted by Gasteiger charge is 2.19. The van der Waals surface area contributed by atoms with Crippen molar-refractivity contribution >= 4 is 0 Å². The van der Waals surface area contributed by atoms with Gasteiger partial charge in [-0.05, 0) is 57.0 Å². The third kappa shape index (κ3) is 4.87. The molecule has 0 aliphatic carbocycles. The highest BCUT2D eigenvalue weighted by atomic mass is 16.5. The first kappa shape index (κ1) is 14.3. The molecule has 18 heavy (non-hydrogen) atoms. The highest BCUT2D eigenvalue weighted by Crippen LogP contribution is 2.21. The van der Waals surface area contributed by atoms with Crippen LogP contribution in [-0.4, -0.2) is 49.5 Å². The molecular weight excluding hydrogens is 226 g/mol. The summed E-state index contributed by atoms with van der Waals surface area (Å²) < 4.78 is 5.39. The van der Waals surface area contributed by atoms with Crippen LogP contribution in [0.15, 0.2) is 0 Å². The summed E-state index contributed by atoms with van der Waals surface area (Å²) in [6, 6.07) is 0. The number of hydrogen-bond donors (Lipinski definition) is 1. The van der Waals surface area contributed by atoms with Crippen LogP contribution in [0.3, 0.4) is 0 Å². The van der Waals surface area contributed by atoms with Gasteiger partial charge in [0.05, 0.1) is 0 Å². The van der Waals surface area contributed by atoms with E-state index in [4.69, 9.17) is 4.74 Å². The normalized spacial score (nSPS) is 27.5. The summed E-state index contributed by atoms with van der Waals surface area (Å²) in [5.41, 5.74) is 0. The minimum atomic E-state index is 0.374. The fourth-order valence-electron chi connectivity index (χ4n) is 3.31. The number of piperidine rings is 1. The van der Waals surface area contributed by atoms with Gasteiger partial charge in [0.1, 0.15) is 0 Å². The van der Waals surface area contributed by atoms with E-state index in [-0.39, 0.29) is 0 Å². The Morgan fingerprint density at radius 1 is 1.06 bits per heavy atom. The largest absolute Gasteiger partial charge is 0.396 e. The van der Waals surface area contributed by atoms with Crippen LogP contribution < -0.4 is 0 Å². The van der Waals surface area contributed by atoms with Gasteiger partial charge >= 0.3 is 0 Å². The molecule has 2 aliphatic rings. The number of aliphatic hydroxyl groups excluding tert-OH is 1. The van der Waals surface area contributed by atoms with E-state index >= 15 is 0 Å². The van der Waals surface area contributed by atoms with Gasteiger partial charge in [-0.2, -0.15) is 0 Å². The lowest BCUT2D eigenvalue weighted by Crippen LogP contribution is -2.37. The van der Waals surface area contributed by atoms with Crippen molar-refractivity contribution in [2.45, 2.75) is 44.9 Å². The lowest BCUT2D eigenvalue weighted by Gasteiger charge is -2.31. The molecule has 0 saturated carbocycles. The van der Waals surface area contributed by atoms with Crippen molar-refractivity contribution in [1.29, 1.82) is 0 Å². The number of nitrogens with zero attached hydrogens (tertiary/aromatic N) is 1. The Morgan fingerprint density at radius 3 is 2.67 bits per heavy atom. The summed E-state index contributed by atoms with van der Waals surface area (Å²) in [6.07, 6.45) is 9.12. The van der Waals surface area contributed by atoms with Crippen LogP contribution in [0.4, 0.5) is 0 Å². The van der Waals surface area contributed by atoms with E-state index in [1.807, 2.05) is 0 Å². The zero-order valence-corrected chi connectivity index (χ0v) is 11.6. The van der Waals surface area contributed by atoms with Gasteiger partial charge in [-0.3, -0.25) is 0 Å².